The molecule has 0 aliphatic rings. The molecule has 0 radical (unpaired) electrons. The van der Waals surface area contributed by atoms with Gasteiger partial charge in [-0.15, -0.1) is 0 Å². The SMILES string of the molecule is CSCC(C)N(C)S(=O)(=O)c1cc(N)c(Cl)cc1C. The fourth-order valence-corrected chi connectivity index (χ4v) is 4.30. The summed E-state index contributed by atoms with van der Waals surface area (Å²) in [6.07, 6.45) is 1.95. The normalized spacial score (nSPS) is 13.8. The van der Waals surface area contributed by atoms with Crippen LogP contribution in [0.2, 0.25) is 5.02 Å². The molecule has 0 amide bonds. The van der Waals surface area contributed by atoms with E-state index in [4.69, 9.17) is 17.3 Å². The molecule has 19 heavy (non-hydrogen) atoms. The third kappa shape index (κ3) is 3.56. The Kier molecular flexibility index (Phi) is 5.55. The van der Waals surface area contributed by atoms with Crippen molar-refractivity contribution in [3.63, 3.8) is 0 Å². The number of sulfonamides is 1. The molecule has 0 aliphatic heterocycles. The molecule has 7 heteroatoms. The van der Waals surface area contributed by atoms with Gasteiger partial charge in [0.2, 0.25) is 10.0 Å². The predicted octanol–water partition coefficient (Wildman–Crippen LogP) is 2.60. The van der Waals surface area contributed by atoms with Crippen molar-refractivity contribution in [1.82, 2.24) is 4.31 Å². The average molecular weight is 323 g/mol. The number of halogens is 1. The third-order valence-corrected chi connectivity index (χ3v) is 6.24. The largest absolute Gasteiger partial charge is 0.397 e. The van der Waals surface area contributed by atoms with Crippen molar-refractivity contribution >= 4 is 39.1 Å². The first kappa shape index (κ1) is 16.6. The van der Waals surface area contributed by atoms with Gasteiger partial charge in [-0.2, -0.15) is 16.1 Å². The van der Waals surface area contributed by atoms with E-state index < -0.39 is 10.0 Å². The Morgan fingerprint density at radius 1 is 1.47 bits per heavy atom. The Balaban J connectivity index is 3.24. The highest BCUT2D eigenvalue weighted by molar-refractivity contribution is 7.98. The first-order valence-corrected chi connectivity index (χ1v) is 8.95. The fourth-order valence-electron chi connectivity index (χ4n) is 1.68. The maximum Gasteiger partial charge on any atom is 0.243 e. The van der Waals surface area contributed by atoms with E-state index in [1.807, 2.05) is 13.2 Å². The van der Waals surface area contributed by atoms with Gasteiger partial charge >= 0.3 is 0 Å². The zero-order valence-electron chi connectivity index (χ0n) is 11.5. The minimum absolute atomic E-state index is 0.0868. The topological polar surface area (TPSA) is 63.4 Å². The van der Waals surface area contributed by atoms with E-state index in [-0.39, 0.29) is 16.6 Å². The first-order valence-electron chi connectivity index (χ1n) is 5.74. The number of nitrogen functional groups attached to an aromatic ring is 1. The van der Waals surface area contributed by atoms with Gasteiger partial charge in [-0.1, -0.05) is 11.6 Å². The Bertz CT molecular complexity index is 561. The molecule has 0 aromatic heterocycles. The lowest BCUT2D eigenvalue weighted by Gasteiger charge is -2.24. The lowest BCUT2D eigenvalue weighted by molar-refractivity contribution is 0.415. The van der Waals surface area contributed by atoms with E-state index in [0.29, 0.717) is 10.6 Å². The van der Waals surface area contributed by atoms with Gasteiger partial charge < -0.3 is 5.73 Å². The van der Waals surface area contributed by atoms with Gasteiger partial charge in [-0.05, 0) is 37.8 Å². The molecular formula is C12H19ClN2O2S2. The Labute approximate surface area is 124 Å². The molecule has 1 aromatic carbocycles. The number of benzene rings is 1. The second kappa shape index (κ2) is 6.35. The van der Waals surface area contributed by atoms with Crippen molar-refractivity contribution in [2.75, 3.05) is 24.8 Å². The summed E-state index contributed by atoms with van der Waals surface area (Å²) >= 11 is 7.50. The molecule has 0 bridgehead atoms. The number of rotatable bonds is 5. The van der Waals surface area contributed by atoms with E-state index in [2.05, 4.69) is 0 Å². The van der Waals surface area contributed by atoms with Crippen LogP contribution in [0.1, 0.15) is 12.5 Å². The van der Waals surface area contributed by atoms with Crippen LogP contribution in [0.15, 0.2) is 17.0 Å². The van der Waals surface area contributed by atoms with Gasteiger partial charge in [0.25, 0.3) is 0 Å². The molecule has 4 nitrogen and oxygen atoms in total. The number of nitrogens with zero attached hydrogens (tertiary/aromatic N) is 1. The summed E-state index contributed by atoms with van der Waals surface area (Å²) in [5.74, 6) is 0.734. The van der Waals surface area contributed by atoms with Gasteiger partial charge in [0.1, 0.15) is 0 Å². The monoisotopic (exact) mass is 322 g/mol. The van der Waals surface area contributed by atoms with Crippen molar-refractivity contribution in [2.45, 2.75) is 24.8 Å². The minimum Gasteiger partial charge on any atom is -0.397 e. The van der Waals surface area contributed by atoms with E-state index in [0.717, 1.165) is 5.75 Å². The number of aryl methyl sites for hydroxylation is 1. The molecule has 1 rings (SSSR count). The fraction of sp³-hybridized carbons (Fsp3) is 0.500. The number of thioether (sulfide) groups is 1. The summed E-state index contributed by atoms with van der Waals surface area (Å²) in [6.45, 7) is 3.59. The van der Waals surface area contributed by atoms with Gasteiger partial charge in [0.15, 0.2) is 0 Å². The van der Waals surface area contributed by atoms with Crippen LogP contribution in [0.4, 0.5) is 5.69 Å². The smallest absolute Gasteiger partial charge is 0.243 e. The van der Waals surface area contributed by atoms with Gasteiger partial charge in [-0.25, -0.2) is 8.42 Å². The molecule has 1 aromatic rings. The van der Waals surface area contributed by atoms with Crippen LogP contribution in [-0.2, 0) is 10.0 Å². The molecule has 2 N–H and O–H groups in total. The van der Waals surface area contributed by atoms with E-state index >= 15 is 0 Å². The summed E-state index contributed by atoms with van der Waals surface area (Å²) in [4.78, 5) is 0.213. The van der Waals surface area contributed by atoms with Crippen LogP contribution in [0, 0.1) is 6.92 Å². The van der Waals surface area contributed by atoms with E-state index in [1.165, 1.54) is 10.4 Å². The number of hydrogen-bond donors (Lipinski definition) is 1. The van der Waals surface area contributed by atoms with Crippen LogP contribution >= 0.6 is 23.4 Å². The quantitative estimate of drug-likeness (QED) is 0.846. The third-order valence-electron chi connectivity index (χ3n) is 2.98. The van der Waals surface area contributed by atoms with Gasteiger partial charge in [0, 0.05) is 18.8 Å². The molecule has 0 fully saturated rings. The summed E-state index contributed by atoms with van der Waals surface area (Å²) < 4.78 is 26.5. The average Bonchev–Trinajstić information content (AvgIpc) is 2.32. The highest BCUT2D eigenvalue weighted by Crippen LogP contribution is 2.28. The van der Waals surface area contributed by atoms with Crippen molar-refractivity contribution in [1.29, 1.82) is 0 Å². The molecular weight excluding hydrogens is 304 g/mol. The Morgan fingerprint density at radius 3 is 2.58 bits per heavy atom. The lowest BCUT2D eigenvalue weighted by Crippen LogP contribution is -2.36. The molecule has 0 saturated carbocycles. The highest BCUT2D eigenvalue weighted by Gasteiger charge is 2.27. The standard InChI is InChI=1S/C12H19ClN2O2S2/c1-8-5-10(13)11(14)6-12(8)19(16,17)15(3)9(2)7-18-4/h5-6,9H,7,14H2,1-4H3. The summed E-state index contributed by atoms with van der Waals surface area (Å²) in [5.41, 5.74) is 6.58. The number of hydrogen-bond acceptors (Lipinski definition) is 4. The number of nitrogens with two attached hydrogens (primary N) is 1. The molecule has 0 aliphatic carbocycles. The Morgan fingerprint density at radius 2 is 2.05 bits per heavy atom. The van der Waals surface area contributed by atoms with Crippen LogP contribution in [0.5, 0.6) is 0 Å². The summed E-state index contributed by atoms with van der Waals surface area (Å²) in [7, 11) is -1.97. The predicted molar refractivity (Wildman–Crippen MR) is 83.4 cm³/mol. The summed E-state index contributed by atoms with van der Waals surface area (Å²) in [6, 6.07) is 2.92. The van der Waals surface area contributed by atoms with Crippen molar-refractivity contribution in [2.24, 2.45) is 0 Å². The molecule has 0 heterocycles. The minimum atomic E-state index is -3.55. The molecule has 1 atom stereocenters. The summed E-state index contributed by atoms with van der Waals surface area (Å²) in [5, 5.41) is 0.372. The maximum atomic E-state index is 12.6. The molecule has 108 valence electrons. The van der Waals surface area contributed by atoms with Crippen LogP contribution in [0.25, 0.3) is 0 Å². The highest BCUT2D eigenvalue weighted by atomic mass is 35.5. The first-order chi connectivity index (χ1) is 8.71. The lowest BCUT2D eigenvalue weighted by atomic mass is 10.2. The van der Waals surface area contributed by atoms with Gasteiger partial charge in [-0.3, -0.25) is 0 Å². The van der Waals surface area contributed by atoms with Crippen molar-refractivity contribution in [3.05, 3.63) is 22.7 Å². The van der Waals surface area contributed by atoms with Crippen LogP contribution in [-0.4, -0.2) is 37.8 Å². The number of anilines is 1. The second-order valence-corrected chi connectivity index (χ2v) is 7.75. The van der Waals surface area contributed by atoms with Gasteiger partial charge in [0.05, 0.1) is 15.6 Å². The van der Waals surface area contributed by atoms with Crippen molar-refractivity contribution in [3.8, 4) is 0 Å². The van der Waals surface area contributed by atoms with Crippen LogP contribution < -0.4 is 5.73 Å². The van der Waals surface area contributed by atoms with E-state index in [9.17, 15) is 8.42 Å². The Hall–Kier alpha value is -0.430. The zero-order chi connectivity index (χ0) is 14.8. The maximum absolute atomic E-state index is 12.6. The van der Waals surface area contributed by atoms with E-state index in [1.54, 1.807) is 31.8 Å². The molecule has 0 saturated heterocycles. The van der Waals surface area contributed by atoms with Crippen molar-refractivity contribution < 1.29 is 8.42 Å². The molecule has 1 unspecified atom stereocenters. The van der Waals surface area contributed by atoms with Crippen LogP contribution in [0.3, 0.4) is 0 Å². The molecule has 0 spiro atoms. The zero-order valence-corrected chi connectivity index (χ0v) is 13.9. The second-order valence-electron chi connectivity index (χ2n) is 4.46.